The molecular formula is C18H12ClN2O6-. The minimum atomic E-state index is -1.36. The van der Waals surface area contributed by atoms with Gasteiger partial charge < -0.3 is 14.3 Å². The molecule has 3 rings (SSSR count). The molecule has 1 saturated heterocycles. The van der Waals surface area contributed by atoms with Crippen molar-refractivity contribution in [1.82, 2.24) is 9.80 Å². The molecule has 0 bridgehead atoms. The number of nitrogens with zero attached hydrogens (tertiary/aromatic N) is 2. The van der Waals surface area contributed by atoms with Crippen molar-refractivity contribution in [2.24, 2.45) is 0 Å². The standard InChI is InChI=1S/C18H13ClN2O6/c1-20-15(22)12(16(23)21(2)18(20)26)8-10-4-6-14(27-10)11-7-9(17(24)25)3-5-13(11)19/h3-8H,1-2H3,(H,24,25)/p-1. The highest BCUT2D eigenvalue weighted by atomic mass is 35.5. The Labute approximate surface area is 158 Å². The van der Waals surface area contributed by atoms with Crippen LogP contribution in [-0.2, 0) is 9.59 Å². The molecule has 138 valence electrons. The summed E-state index contributed by atoms with van der Waals surface area (Å²) in [6.07, 6.45) is 1.21. The van der Waals surface area contributed by atoms with Gasteiger partial charge in [0.2, 0.25) is 0 Å². The number of furan rings is 1. The number of halogens is 1. The lowest BCUT2D eigenvalue weighted by Crippen LogP contribution is -2.52. The van der Waals surface area contributed by atoms with Gasteiger partial charge >= 0.3 is 6.03 Å². The van der Waals surface area contributed by atoms with Gasteiger partial charge in [0.1, 0.15) is 17.1 Å². The number of carboxylic acids is 1. The first kappa shape index (κ1) is 18.4. The third-order valence-electron chi connectivity index (χ3n) is 4.02. The van der Waals surface area contributed by atoms with Crippen LogP contribution in [0.3, 0.4) is 0 Å². The highest BCUT2D eigenvalue weighted by Gasteiger charge is 2.38. The number of urea groups is 1. The fraction of sp³-hybridized carbons (Fsp3) is 0.111. The predicted octanol–water partition coefficient (Wildman–Crippen LogP) is 1.40. The summed E-state index contributed by atoms with van der Waals surface area (Å²) in [7, 11) is 2.53. The number of benzene rings is 1. The molecule has 4 amide bonds. The molecule has 1 aliphatic rings. The molecule has 1 aliphatic heterocycles. The molecule has 0 aliphatic carbocycles. The number of carbonyl (C=O) groups is 4. The number of hydrogen-bond donors (Lipinski definition) is 0. The van der Waals surface area contributed by atoms with Crippen molar-refractivity contribution < 1.29 is 28.7 Å². The summed E-state index contributed by atoms with van der Waals surface area (Å²) in [6, 6.07) is 6.27. The van der Waals surface area contributed by atoms with E-state index in [4.69, 9.17) is 16.0 Å². The number of likely N-dealkylation sites (N-methyl/N-ethyl adjacent to an activating group) is 2. The molecular weight excluding hydrogens is 376 g/mol. The average molecular weight is 388 g/mol. The van der Waals surface area contributed by atoms with Crippen LogP contribution in [0.4, 0.5) is 4.79 Å². The number of rotatable bonds is 3. The van der Waals surface area contributed by atoms with Gasteiger partial charge in [0.25, 0.3) is 11.8 Å². The zero-order valence-electron chi connectivity index (χ0n) is 14.2. The molecule has 0 N–H and O–H groups in total. The molecule has 0 unspecified atom stereocenters. The maximum atomic E-state index is 12.2. The van der Waals surface area contributed by atoms with E-state index in [1.807, 2.05) is 0 Å². The average Bonchev–Trinajstić information content (AvgIpc) is 3.10. The number of carboxylic acid groups (broad SMARTS) is 1. The van der Waals surface area contributed by atoms with E-state index < -0.39 is 23.8 Å². The molecule has 1 fully saturated rings. The second kappa shape index (κ2) is 6.73. The molecule has 2 aromatic rings. The topological polar surface area (TPSA) is 111 Å². The van der Waals surface area contributed by atoms with Crippen molar-refractivity contribution in [2.75, 3.05) is 14.1 Å². The number of barbiturate groups is 1. The van der Waals surface area contributed by atoms with E-state index in [1.165, 1.54) is 50.5 Å². The van der Waals surface area contributed by atoms with E-state index in [-0.39, 0.29) is 27.7 Å². The Morgan fingerprint density at radius 3 is 2.30 bits per heavy atom. The molecule has 27 heavy (non-hydrogen) atoms. The van der Waals surface area contributed by atoms with Gasteiger partial charge in [0.05, 0.1) is 11.0 Å². The second-order valence-corrected chi connectivity index (χ2v) is 6.16. The molecule has 0 spiro atoms. The van der Waals surface area contributed by atoms with Crippen LogP contribution in [0.1, 0.15) is 16.1 Å². The smallest absolute Gasteiger partial charge is 0.333 e. The van der Waals surface area contributed by atoms with Gasteiger partial charge in [-0.25, -0.2) is 4.79 Å². The van der Waals surface area contributed by atoms with Gasteiger partial charge in [-0.1, -0.05) is 17.7 Å². The molecule has 9 heteroatoms. The second-order valence-electron chi connectivity index (χ2n) is 5.75. The first-order valence-electron chi connectivity index (χ1n) is 7.63. The van der Waals surface area contributed by atoms with Gasteiger partial charge in [-0.3, -0.25) is 19.4 Å². The van der Waals surface area contributed by atoms with E-state index in [0.29, 0.717) is 5.56 Å². The number of hydrogen-bond acceptors (Lipinski definition) is 6. The van der Waals surface area contributed by atoms with Crippen LogP contribution in [0.5, 0.6) is 0 Å². The summed E-state index contributed by atoms with van der Waals surface area (Å²) in [5.74, 6) is -2.47. The quantitative estimate of drug-likeness (QED) is 0.581. The summed E-state index contributed by atoms with van der Waals surface area (Å²) in [4.78, 5) is 48.8. The lowest BCUT2D eigenvalue weighted by molar-refractivity contribution is -0.255. The number of carbonyl (C=O) groups excluding carboxylic acids is 4. The van der Waals surface area contributed by atoms with Crippen LogP contribution < -0.4 is 5.11 Å². The first-order valence-corrected chi connectivity index (χ1v) is 8.01. The summed E-state index contributed by atoms with van der Waals surface area (Å²) >= 11 is 6.09. The third kappa shape index (κ3) is 3.22. The van der Waals surface area contributed by atoms with Gasteiger partial charge in [-0.05, 0) is 35.9 Å². The van der Waals surface area contributed by atoms with E-state index in [2.05, 4.69) is 0 Å². The van der Waals surface area contributed by atoms with Crippen LogP contribution in [0.2, 0.25) is 5.02 Å². The van der Waals surface area contributed by atoms with Crippen molar-refractivity contribution in [3.8, 4) is 11.3 Å². The van der Waals surface area contributed by atoms with E-state index in [1.54, 1.807) is 0 Å². The van der Waals surface area contributed by atoms with Crippen molar-refractivity contribution >= 4 is 41.5 Å². The van der Waals surface area contributed by atoms with Gasteiger partial charge in [-0.15, -0.1) is 0 Å². The zero-order valence-corrected chi connectivity index (χ0v) is 14.9. The normalized spacial score (nSPS) is 14.8. The molecule has 1 aromatic carbocycles. The SMILES string of the molecule is CN1C(=O)C(=Cc2ccc(-c3cc(C(=O)[O-])ccc3Cl)o2)C(=O)N(C)C1=O. The molecule has 2 heterocycles. The summed E-state index contributed by atoms with van der Waals surface area (Å²) in [5, 5.41) is 11.3. The predicted molar refractivity (Wildman–Crippen MR) is 92.4 cm³/mol. The van der Waals surface area contributed by atoms with Crippen molar-refractivity contribution in [2.45, 2.75) is 0 Å². The van der Waals surface area contributed by atoms with Gasteiger partial charge in [0.15, 0.2) is 0 Å². The number of imide groups is 2. The van der Waals surface area contributed by atoms with Gasteiger partial charge in [-0.2, -0.15) is 0 Å². The maximum absolute atomic E-state index is 12.2. The fourth-order valence-corrected chi connectivity index (χ4v) is 2.74. The highest BCUT2D eigenvalue weighted by Crippen LogP contribution is 2.31. The third-order valence-corrected chi connectivity index (χ3v) is 4.35. The molecule has 0 radical (unpaired) electrons. The van der Waals surface area contributed by atoms with Crippen LogP contribution in [-0.4, -0.2) is 47.7 Å². The van der Waals surface area contributed by atoms with E-state index in [9.17, 15) is 24.3 Å². The highest BCUT2D eigenvalue weighted by molar-refractivity contribution is 6.33. The minimum Gasteiger partial charge on any atom is -0.545 e. The van der Waals surface area contributed by atoms with Crippen molar-refractivity contribution in [3.05, 3.63) is 52.3 Å². The fourth-order valence-electron chi connectivity index (χ4n) is 2.53. The zero-order chi connectivity index (χ0) is 19.9. The first-order chi connectivity index (χ1) is 12.7. The lowest BCUT2D eigenvalue weighted by Gasteiger charge is -2.28. The van der Waals surface area contributed by atoms with Crippen LogP contribution in [0.15, 0.2) is 40.3 Å². The maximum Gasteiger partial charge on any atom is 0.333 e. The Hall–Kier alpha value is -3.39. The Morgan fingerprint density at radius 1 is 1.07 bits per heavy atom. The largest absolute Gasteiger partial charge is 0.545 e. The number of amides is 4. The Morgan fingerprint density at radius 2 is 1.70 bits per heavy atom. The van der Waals surface area contributed by atoms with E-state index in [0.717, 1.165) is 9.80 Å². The Balaban J connectivity index is 1.99. The lowest BCUT2D eigenvalue weighted by atomic mass is 10.1. The van der Waals surface area contributed by atoms with Crippen LogP contribution in [0, 0.1) is 0 Å². The van der Waals surface area contributed by atoms with Crippen LogP contribution >= 0.6 is 11.6 Å². The summed E-state index contributed by atoms with van der Waals surface area (Å²) in [5.41, 5.74) is -0.00564. The molecule has 0 atom stereocenters. The minimum absolute atomic E-state index is 0.0786. The molecule has 8 nitrogen and oxygen atoms in total. The molecule has 1 aromatic heterocycles. The Kier molecular flexibility index (Phi) is 4.59. The number of aromatic carboxylic acids is 1. The van der Waals surface area contributed by atoms with Gasteiger partial charge in [0, 0.05) is 19.7 Å². The Bertz CT molecular complexity index is 997. The molecule has 0 saturated carbocycles. The van der Waals surface area contributed by atoms with Crippen LogP contribution in [0.25, 0.3) is 17.4 Å². The monoisotopic (exact) mass is 387 g/mol. The summed E-state index contributed by atoms with van der Waals surface area (Å²) in [6.45, 7) is 0. The van der Waals surface area contributed by atoms with Crippen molar-refractivity contribution in [3.63, 3.8) is 0 Å². The summed E-state index contributed by atoms with van der Waals surface area (Å²) < 4.78 is 5.58. The van der Waals surface area contributed by atoms with Crippen molar-refractivity contribution in [1.29, 1.82) is 0 Å². The van der Waals surface area contributed by atoms with E-state index >= 15 is 0 Å².